The molecular weight excluding hydrogens is 172 g/mol. The fourth-order valence-corrected chi connectivity index (χ4v) is 0.924. The first-order valence-electron chi connectivity index (χ1n) is 3.92. The Hall–Kier alpha value is -0.530. The number of rotatable bonds is 4. The van der Waals surface area contributed by atoms with Crippen molar-refractivity contribution in [2.24, 2.45) is 0 Å². The zero-order valence-corrected chi connectivity index (χ0v) is 7.79. The Morgan fingerprint density at radius 2 is 2.08 bits per heavy atom. The summed E-state index contributed by atoms with van der Waals surface area (Å²) in [5, 5.41) is -0.0336. The van der Waals surface area contributed by atoms with Crippen LogP contribution in [0.25, 0.3) is 0 Å². The van der Waals surface area contributed by atoms with Crippen molar-refractivity contribution in [2.75, 3.05) is 0 Å². The molecule has 0 bridgehead atoms. The van der Waals surface area contributed by atoms with Gasteiger partial charge in [0.1, 0.15) is 6.61 Å². The van der Waals surface area contributed by atoms with Crippen LogP contribution in [-0.4, -0.2) is 5.38 Å². The predicted molar refractivity (Wildman–Crippen MR) is 50.8 cm³/mol. The lowest BCUT2D eigenvalue weighted by molar-refractivity contribution is 0.182. The number of ether oxygens (including phenoxy) is 1. The molecule has 0 aromatic heterocycles. The van der Waals surface area contributed by atoms with E-state index in [9.17, 15) is 0 Å². The van der Waals surface area contributed by atoms with Gasteiger partial charge in [-0.15, -0.1) is 11.6 Å². The van der Waals surface area contributed by atoms with Crippen molar-refractivity contribution in [2.45, 2.75) is 18.9 Å². The molecule has 0 amide bonds. The first-order valence-corrected chi connectivity index (χ1v) is 4.35. The fourth-order valence-electron chi connectivity index (χ4n) is 0.851. The van der Waals surface area contributed by atoms with Crippen molar-refractivity contribution < 1.29 is 4.74 Å². The molecule has 1 aromatic carbocycles. The Morgan fingerprint density at radius 3 is 2.67 bits per heavy atom. The topological polar surface area (TPSA) is 9.23 Å². The highest BCUT2D eigenvalue weighted by atomic mass is 35.5. The Bertz CT molecular complexity index is 208. The van der Waals surface area contributed by atoms with Gasteiger partial charge in [0.05, 0.1) is 12.0 Å². The van der Waals surface area contributed by atoms with Gasteiger partial charge in [0.15, 0.2) is 0 Å². The number of benzene rings is 1. The molecule has 1 unspecified atom stereocenters. The zero-order chi connectivity index (χ0) is 8.81. The molecule has 0 N–H and O–H groups in total. The van der Waals surface area contributed by atoms with Crippen LogP contribution < -0.4 is 0 Å². The third kappa shape index (κ3) is 3.74. The Labute approximate surface area is 78.3 Å². The summed E-state index contributed by atoms with van der Waals surface area (Å²) in [7, 11) is 0. The average Bonchev–Trinajstić information content (AvgIpc) is 2.05. The van der Waals surface area contributed by atoms with E-state index in [1.54, 1.807) is 6.61 Å². The van der Waals surface area contributed by atoms with Crippen LogP contribution >= 0.6 is 11.6 Å². The molecule has 0 heterocycles. The maximum absolute atomic E-state index is 5.66. The highest BCUT2D eigenvalue weighted by molar-refractivity contribution is 6.21. The first kappa shape index (κ1) is 9.56. The summed E-state index contributed by atoms with van der Waals surface area (Å²) in [6, 6.07) is 10.0. The van der Waals surface area contributed by atoms with E-state index in [0.29, 0.717) is 6.61 Å². The molecule has 1 atom stereocenters. The van der Waals surface area contributed by atoms with Crippen LogP contribution in [0.15, 0.2) is 30.3 Å². The van der Waals surface area contributed by atoms with E-state index in [-0.39, 0.29) is 5.38 Å². The minimum absolute atomic E-state index is 0.0336. The van der Waals surface area contributed by atoms with Gasteiger partial charge in [-0.3, -0.25) is 0 Å². The van der Waals surface area contributed by atoms with E-state index in [1.807, 2.05) is 37.3 Å². The number of hydrogen-bond acceptors (Lipinski definition) is 1. The van der Waals surface area contributed by atoms with Gasteiger partial charge in [-0.25, -0.2) is 0 Å². The molecule has 1 radical (unpaired) electrons. The third-order valence-electron chi connectivity index (χ3n) is 1.38. The molecule has 2 heteroatoms. The van der Waals surface area contributed by atoms with Crippen molar-refractivity contribution in [3.05, 3.63) is 42.5 Å². The molecule has 0 saturated carbocycles. The second-order valence-corrected chi connectivity index (χ2v) is 3.30. The van der Waals surface area contributed by atoms with Gasteiger partial charge in [-0.2, -0.15) is 0 Å². The van der Waals surface area contributed by atoms with Crippen molar-refractivity contribution in [3.63, 3.8) is 0 Å². The lowest BCUT2D eigenvalue weighted by Gasteiger charge is -2.03. The molecule has 0 aliphatic heterocycles. The van der Waals surface area contributed by atoms with E-state index < -0.39 is 0 Å². The highest BCUT2D eigenvalue weighted by Gasteiger charge is 1.96. The Morgan fingerprint density at radius 1 is 1.42 bits per heavy atom. The third-order valence-corrected chi connectivity index (χ3v) is 1.48. The van der Waals surface area contributed by atoms with Gasteiger partial charge < -0.3 is 4.74 Å². The lowest BCUT2D eigenvalue weighted by atomic mass is 10.2. The minimum Gasteiger partial charge on any atom is -0.369 e. The summed E-state index contributed by atoms with van der Waals surface area (Å²) in [5.74, 6) is 0. The molecule has 1 rings (SSSR count). The quantitative estimate of drug-likeness (QED) is 0.653. The van der Waals surface area contributed by atoms with Crippen molar-refractivity contribution in [1.82, 2.24) is 0 Å². The minimum atomic E-state index is -0.0336. The molecule has 0 aliphatic rings. The second-order valence-electron chi connectivity index (χ2n) is 2.61. The molecule has 65 valence electrons. The SMILES string of the molecule is CC(Cl)[CH]OCc1ccccc1. The van der Waals surface area contributed by atoms with Crippen LogP contribution in [0, 0.1) is 6.61 Å². The normalized spacial score (nSPS) is 12.8. The molecule has 1 aromatic rings. The summed E-state index contributed by atoms with van der Waals surface area (Å²) in [5.41, 5.74) is 1.16. The van der Waals surface area contributed by atoms with Gasteiger partial charge in [-0.1, -0.05) is 30.3 Å². The molecular formula is C10H12ClO. The van der Waals surface area contributed by atoms with Gasteiger partial charge in [0.2, 0.25) is 0 Å². The largest absolute Gasteiger partial charge is 0.369 e. The monoisotopic (exact) mass is 183 g/mol. The fraction of sp³-hybridized carbons (Fsp3) is 0.300. The molecule has 1 nitrogen and oxygen atoms in total. The number of halogens is 1. The van der Waals surface area contributed by atoms with Crippen LogP contribution in [0.1, 0.15) is 12.5 Å². The molecule has 0 spiro atoms. The van der Waals surface area contributed by atoms with Crippen LogP contribution in [0.3, 0.4) is 0 Å². The standard InChI is InChI=1S/C10H12ClO/c1-9(11)7-12-8-10-5-3-2-4-6-10/h2-7,9H,8H2,1H3. The van der Waals surface area contributed by atoms with Crippen LogP contribution in [-0.2, 0) is 11.3 Å². The van der Waals surface area contributed by atoms with Crippen LogP contribution in [0.2, 0.25) is 0 Å². The van der Waals surface area contributed by atoms with Gasteiger partial charge in [0.25, 0.3) is 0 Å². The number of hydrogen-bond donors (Lipinski definition) is 0. The van der Waals surface area contributed by atoms with E-state index >= 15 is 0 Å². The lowest BCUT2D eigenvalue weighted by Crippen LogP contribution is -1.97. The summed E-state index contributed by atoms with van der Waals surface area (Å²) in [6.07, 6.45) is 0. The highest BCUT2D eigenvalue weighted by Crippen LogP contribution is 2.05. The van der Waals surface area contributed by atoms with Gasteiger partial charge >= 0.3 is 0 Å². The van der Waals surface area contributed by atoms with E-state index in [0.717, 1.165) is 5.56 Å². The van der Waals surface area contributed by atoms with Crippen LogP contribution in [0.4, 0.5) is 0 Å². The smallest absolute Gasteiger partial charge is 0.102 e. The predicted octanol–water partition coefficient (Wildman–Crippen LogP) is 2.99. The van der Waals surface area contributed by atoms with Crippen molar-refractivity contribution in [3.8, 4) is 0 Å². The summed E-state index contributed by atoms with van der Waals surface area (Å²) in [4.78, 5) is 0. The van der Waals surface area contributed by atoms with Crippen LogP contribution in [0.5, 0.6) is 0 Å². The molecule has 12 heavy (non-hydrogen) atoms. The molecule has 0 saturated heterocycles. The number of alkyl halides is 1. The first-order chi connectivity index (χ1) is 5.79. The molecule has 0 fully saturated rings. The maximum Gasteiger partial charge on any atom is 0.102 e. The maximum atomic E-state index is 5.66. The summed E-state index contributed by atoms with van der Waals surface area (Å²) < 4.78 is 5.22. The van der Waals surface area contributed by atoms with Crippen molar-refractivity contribution in [1.29, 1.82) is 0 Å². The summed E-state index contributed by atoms with van der Waals surface area (Å²) >= 11 is 5.66. The van der Waals surface area contributed by atoms with E-state index in [4.69, 9.17) is 16.3 Å². The van der Waals surface area contributed by atoms with Gasteiger partial charge in [0, 0.05) is 0 Å². The van der Waals surface area contributed by atoms with Gasteiger partial charge in [-0.05, 0) is 12.5 Å². The molecule has 0 aliphatic carbocycles. The Kier molecular flexibility index (Phi) is 4.12. The van der Waals surface area contributed by atoms with E-state index in [1.165, 1.54) is 0 Å². The Balaban J connectivity index is 2.25. The van der Waals surface area contributed by atoms with E-state index in [2.05, 4.69) is 0 Å². The second kappa shape index (κ2) is 5.18. The zero-order valence-electron chi connectivity index (χ0n) is 7.03. The summed E-state index contributed by atoms with van der Waals surface area (Å²) in [6.45, 7) is 4.10. The average molecular weight is 184 g/mol. The van der Waals surface area contributed by atoms with Crippen molar-refractivity contribution >= 4 is 11.6 Å².